The Balaban J connectivity index is 1.49. The summed E-state index contributed by atoms with van der Waals surface area (Å²) in [5, 5.41) is 2.36. The zero-order valence-corrected chi connectivity index (χ0v) is 16.4. The number of rotatable bonds is 6. The molecule has 0 fully saturated rings. The molecule has 4 nitrogen and oxygen atoms in total. The highest BCUT2D eigenvalue weighted by Gasteiger charge is 2.17. The minimum Gasteiger partial charge on any atom is -0.353 e. The van der Waals surface area contributed by atoms with E-state index in [0.717, 1.165) is 27.7 Å². The van der Waals surface area contributed by atoms with Crippen molar-refractivity contribution in [3.05, 3.63) is 78.1 Å². The maximum atomic E-state index is 12.9. The number of fused-ring (bicyclic) bond motifs is 3. The van der Waals surface area contributed by atoms with E-state index in [-0.39, 0.29) is 11.9 Å². The number of aryl methyl sites for hydroxylation is 1. The average Bonchev–Trinajstić information content (AvgIpc) is 3.09. The summed E-state index contributed by atoms with van der Waals surface area (Å²) in [5.41, 5.74) is 4.25. The lowest BCUT2D eigenvalue weighted by atomic mass is 10.1. The smallest absolute Gasteiger partial charge is 0.223 e. The molecule has 142 valence electrons. The number of nitrogens with zero attached hydrogens (tertiary/aromatic N) is 2. The fourth-order valence-corrected chi connectivity index (χ4v) is 3.65. The molecule has 4 heteroatoms. The second kappa shape index (κ2) is 7.85. The van der Waals surface area contributed by atoms with Crippen molar-refractivity contribution < 1.29 is 4.79 Å². The first-order chi connectivity index (χ1) is 13.6. The molecule has 28 heavy (non-hydrogen) atoms. The molecule has 0 aliphatic carbocycles. The van der Waals surface area contributed by atoms with Crippen LogP contribution in [0.25, 0.3) is 21.8 Å². The maximum absolute atomic E-state index is 12.9. The molecule has 1 N–H and O–H groups in total. The van der Waals surface area contributed by atoms with Gasteiger partial charge in [-0.3, -0.25) is 9.78 Å². The Kier molecular flexibility index (Phi) is 5.11. The molecule has 2 heterocycles. The van der Waals surface area contributed by atoms with E-state index in [2.05, 4.69) is 54.1 Å². The van der Waals surface area contributed by atoms with Gasteiger partial charge in [-0.2, -0.15) is 0 Å². The molecule has 0 radical (unpaired) electrons. The third-order valence-corrected chi connectivity index (χ3v) is 5.18. The van der Waals surface area contributed by atoms with E-state index < -0.39 is 0 Å². The van der Waals surface area contributed by atoms with Crippen molar-refractivity contribution in [3.8, 4) is 0 Å². The van der Waals surface area contributed by atoms with Crippen LogP contribution < -0.4 is 0 Å². The van der Waals surface area contributed by atoms with Crippen LogP contribution in [0.2, 0.25) is 0 Å². The van der Waals surface area contributed by atoms with Crippen molar-refractivity contribution in [1.82, 2.24) is 14.9 Å². The first-order valence-electron chi connectivity index (χ1n) is 9.80. The number of nitrogens with one attached hydrogen (secondary N) is 1. The summed E-state index contributed by atoms with van der Waals surface area (Å²) in [6, 6.07) is 20.7. The van der Waals surface area contributed by atoms with Crippen LogP contribution in [-0.2, 0) is 17.8 Å². The lowest BCUT2D eigenvalue weighted by molar-refractivity contribution is -0.133. The molecule has 0 saturated carbocycles. The minimum atomic E-state index is 0.164. The largest absolute Gasteiger partial charge is 0.353 e. The van der Waals surface area contributed by atoms with Gasteiger partial charge in [0.15, 0.2) is 0 Å². The van der Waals surface area contributed by atoms with Crippen molar-refractivity contribution in [3.63, 3.8) is 0 Å². The summed E-state index contributed by atoms with van der Waals surface area (Å²) in [6.45, 7) is 4.78. The number of carbonyl (C=O) groups is 1. The van der Waals surface area contributed by atoms with Crippen LogP contribution in [0.5, 0.6) is 0 Å². The van der Waals surface area contributed by atoms with Crippen LogP contribution >= 0.6 is 0 Å². The lowest BCUT2D eigenvalue weighted by Crippen LogP contribution is -2.36. The van der Waals surface area contributed by atoms with Crippen LogP contribution in [0, 0.1) is 0 Å². The molecule has 0 atom stereocenters. The number of amides is 1. The number of aromatic nitrogens is 2. The summed E-state index contributed by atoms with van der Waals surface area (Å²) in [7, 11) is 0. The van der Waals surface area contributed by atoms with Crippen LogP contribution in [0.3, 0.4) is 0 Å². The Hall–Kier alpha value is -3.14. The molecule has 0 saturated heterocycles. The van der Waals surface area contributed by atoms with Crippen molar-refractivity contribution >= 4 is 27.7 Å². The zero-order valence-electron chi connectivity index (χ0n) is 16.4. The number of benzene rings is 2. The quantitative estimate of drug-likeness (QED) is 0.513. The van der Waals surface area contributed by atoms with E-state index in [1.807, 2.05) is 41.4 Å². The number of aromatic amines is 1. The Bertz CT molecular complexity index is 1100. The molecular formula is C24H25N3O. The first kappa shape index (κ1) is 18.2. The van der Waals surface area contributed by atoms with Gasteiger partial charge in [0.1, 0.15) is 0 Å². The highest BCUT2D eigenvalue weighted by molar-refractivity contribution is 6.06. The summed E-state index contributed by atoms with van der Waals surface area (Å²) in [4.78, 5) is 22.8. The normalized spacial score (nSPS) is 11.4. The predicted molar refractivity (Wildman–Crippen MR) is 114 cm³/mol. The molecule has 1 amide bonds. The van der Waals surface area contributed by atoms with E-state index in [1.54, 1.807) is 0 Å². The van der Waals surface area contributed by atoms with Gasteiger partial charge in [0.05, 0.1) is 11.7 Å². The van der Waals surface area contributed by atoms with Crippen LogP contribution in [0.15, 0.2) is 66.9 Å². The predicted octanol–water partition coefficient (Wildman–Crippen LogP) is 5.09. The third kappa shape index (κ3) is 3.77. The number of hydrogen-bond acceptors (Lipinski definition) is 2. The summed E-state index contributed by atoms with van der Waals surface area (Å²) in [6.07, 6.45) is 2.98. The molecule has 4 rings (SSSR count). The highest BCUT2D eigenvalue weighted by Crippen LogP contribution is 2.25. The van der Waals surface area contributed by atoms with Gasteiger partial charge >= 0.3 is 0 Å². The molecule has 0 spiro atoms. The standard InChI is InChI=1S/C24H25N3O/c1-17(2)27(16-18-8-4-3-5-9-18)24(28)13-12-19-14-21-20-10-6-7-11-22(20)26-23(21)15-25-19/h3-11,14-15,17,26H,12-13,16H2,1-2H3. The van der Waals surface area contributed by atoms with Crippen molar-refractivity contribution in [2.45, 2.75) is 39.3 Å². The van der Waals surface area contributed by atoms with Gasteiger partial charge in [0, 0.05) is 41.0 Å². The van der Waals surface area contributed by atoms with Gasteiger partial charge in [-0.25, -0.2) is 0 Å². The Morgan fingerprint density at radius 2 is 1.75 bits per heavy atom. The van der Waals surface area contributed by atoms with Crippen LogP contribution in [0.4, 0.5) is 0 Å². The van der Waals surface area contributed by atoms with Crippen LogP contribution in [0.1, 0.15) is 31.5 Å². The molecule has 0 unspecified atom stereocenters. The van der Waals surface area contributed by atoms with Gasteiger partial charge in [-0.15, -0.1) is 0 Å². The van der Waals surface area contributed by atoms with Crippen molar-refractivity contribution in [2.24, 2.45) is 0 Å². The molecule has 0 bridgehead atoms. The van der Waals surface area contributed by atoms with Gasteiger partial charge in [-0.1, -0.05) is 48.5 Å². The molecule has 2 aromatic carbocycles. The summed E-state index contributed by atoms with van der Waals surface area (Å²) in [5.74, 6) is 0.166. The number of hydrogen-bond donors (Lipinski definition) is 1. The average molecular weight is 371 g/mol. The second-order valence-corrected chi connectivity index (χ2v) is 7.49. The third-order valence-electron chi connectivity index (χ3n) is 5.18. The Morgan fingerprint density at radius 3 is 2.54 bits per heavy atom. The number of H-pyrrole nitrogens is 1. The first-order valence-corrected chi connectivity index (χ1v) is 9.80. The van der Waals surface area contributed by atoms with Gasteiger partial charge in [0.25, 0.3) is 0 Å². The van der Waals surface area contributed by atoms with Gasteiger partial charge in [-0.05, 0) is 38.0 Å². The van der Waals surface area contributed by atoms with E-state index in [1.165, 1.54) is 5.39 Å². The number of pyridine rings is 1. The van der Waals surface area contributed by atoms with Crippen molar-refractivity contribution in [1.29, 1.82) is 0 Å². The fraction of sp³-hybridized carbons (Fsp3) is 0.250. The highest BCUT2D eigenvalue weighted by atomic mass is 16.2. The lowest BCUT2D eigenvalue weighted by Gasteiger charge is -2.27. The van der Waals surface area contributed by atoms with E-state index in [9.17, 15) is 4.79 Å². The fourth-order valence-electron chi connectivity index (χ4n) is 3.65. The Labute approximate surface area is 165 Å². The minimum absolute atomic E-state index is 0.164. The summed E-state index contributed by atoms with van der Waals surface area (Å²) < 4.78 is 0. The van der Waals surface area contributed by atoms with E-state index in [4.69, 9.17) is 0 Å². The monoisotopic (exact) mass is 371 g/mol. The van der Waals surface area contributed by atoms with E-state index >= 15 is 0 Å². The van der Waals surface area contributed by atoms with E-state index in [0.29, 0.717) is 19.4 Å². The topological polar surface area (TPSA) is 49.0 Å². The zero-order chi connectivity index (χ0) is 19.5. The van der Waals surface area contributed by atoms with Crippen molar-refractivity contribution in [2.75, 3.05) is 0 Å². The van der Waals surface area contributed by atoms with Gasteiger partial charge < -0.3 is 9.88 Å². The molecule has 0 aliphatic rings. The van der Waals surface area contributed by atoms with Crippen LogP contribution in [-0.4, -0.2) is 26.8 Å². The summed E-state index contributed by atoms with van der Waals surface area (Å²) >= 11 is 0. The molecule has 0 aliphatic heterocycles. The molecular weight excluding hydrogens is 346 g/mol. The van der Waals surface area contributed by atoms with Gasteiger partial charge in [0.2, 0.25) is 5.91 Å². The maximum Gasteiger partial charge on any atom is 0.223 e. The second-order valence-electron chi connectivity index (χ2n) is 7.49. The Morgan fingerprint density at radius 1 is 1.00 bits per heavy atom. The number of carbonyl (C=O) groups excluding carboxylic acids is 1. The molecule has 2 aromatic heterocycles. The molecule has 4 aromatic rings. The number of para-hydroxylation sites is 1. The SMILES string of the molecule is CC(C)N(Cc1ccccc1)C(=O)CCc1cc2c(cn1)[nH]c1ccccc12.